The number of methoxy groups -OCH3 is 1. The van der Waals surface area contributed by atoms with Gasteiger partial charge in [0.1, 0.15) is 0 Å². The number of unbranched alkanes of at least 4 members (excludes halogenated alkanes) is 4. The van der Waals surface area contributed by atoms with Gasteiger partial charge >= 0.3 is 5.97 Å². The molecular formula is C21H30F2O3. The first-order chi connectivity index (χ1) is 12.6. The molecule has 0 spiro atoms. The van der Waals surface area contributed by atoms with Crippen LogP contribution in [-0.2, 0) is 4.79 Å². The molecule has 0 unspecified atom stereocenters. The Morgan fingerprint density at radius 2 is 1.62 bits per heavy atom. The lowest BCUT2D eigenvalue weighted by atomic mass is 9.80. The molecule has 1 aromatic rings. The number of benzene rings is 1. The van der Waals surface area contributed by atoms with Gasteiger partial charge in [0.25, 0.3) is 0 Å². The molecule has 26 heavy (non-hydrogen) atoms. The van der Waals surface area contributed by atoms with Gasteiger partial charge in [-0.05, 0) is 43.7 Å². The summed E-state index contributed by atoms with van der Waals surface area (Å²) in [4.78, 5) is 12.3. The number of carbonyl (C=O) groups is 1. The minimum atomic E-state index is -1.18. The van der Waals surface area contributed by atoms with E-state index in [4.69, 9.17) is 9.47 Å². The van der Waals surface area contributed by atoms with Crippen molar-refractivity contribution in [1.29, 1.82) is 0 Å². The van der Waals surface area contributed by atoms with Gasteiger partial charge < -0.3 is 9.47 Å². The van der Waals surface area contributed by atoms with Crippen LogP contribution in [0.5, 0.6) is 11.5 Å². The van der Waals surface area contributed by atoms with Crippen LogP contribution in [0.25, 0.3) is 0 Å². The molecule has 1 aliphatic carbocycles. The van der Waals surface area contributed by atoms with Crippen molar-refractivity contribution in [3.05, 3.63) is 23.8 Å². The first-order valence-electron chi connectivity index (χ1n) is 9.80. The predicted molar refractivity (Wildman–Crippen MR) is 97.4 cm³/mol. The van der Waals surface area contributed by atoms with E-state index in [-0.39, 0.29) is 17.4 Å². The molecule has 0 heterocycles. The quantitative estimate of drug-likeness (QED) is 0.302. The van der Waals surface area contributed by atoms with Crippen molar-refractivity contribution in [2.75, 3.05) is 7.11 Å². The SMILES string of the molecule is CCCCCCCC1CCC(C(=O)Oc2ccc(OC)c(F)c2F)CC1. The highest BCUT2D eigenvalue weighted by Crippen LogP contribution is 2.34. The third-order valence-electron chi connectivity index (χ3n) is 5.34. The molecule has 0 N–H and O–H groups in total. The molecule has 0 aromatic heterocycles. The van der Waals surface area contributed by atoms with Gasteiger partial charge in [0.15, 0.2) is 11.5 Å². The highest BCUT2D eigenvalue weighted by molar-refractivity contribution is 5.75. The van der Waals surface area contributed by atoms with Crippen LogP contribution in [-0.4, -0.2) is 13.1 Å². The van der Waals surface area contributed by atoms with Crippen LogP contribution in [0, 0.1) is 23.5 Å². The largest absolute Gasteiger partial charge is 0.494 e. The number of carbonyl (C=O) groups excluding carboxylic acids is 1. The maximum absolute atomic E-state index is 13.9. The predicted octanol–water partition coefficient (Wildman–Crippen LogP) is 6.05. The second-order valence-corrected chi connectivity index (χ2v) is 7.24. The van der Waals surface area contributed by atoms with Crippen LogP contribution in [0.3, 0.4) is 0 Å². The number of hydrogen-bond acceptors (Lipinski definition) is 3. The number of ether oxygens (including phenoxy) is 2. The zero-order valence-electron chi connectivity index (χ0n) is 15.9. The minimum absolute atomic E-state index is 0.207. The van der Waals surface area contributed by atoms with Gasteiger partial charge in [-0.25, -0.2) is 0 Å². The summed E-state index contributed by atoms with van der Waals surface area (Å²) in [7, 11) is 1.26. The fourth-order valence-electron chi connectivity index (χ4n) is 3.67. The van der Waals surface area contributed by atoms with Crippen LogP contribution in [0.4, 0.5) is 8.78 Å². The molecule has 0 aliphatic heterocycles. The second kappa shape index (κ2) is 10.5. The maximum atomic E-state index is 13.9. The van der Waals surface area contributed by atoms with E-state index in [2.05, 4.69) is 6.92 Å². The van der Waals surface area contributed by atoms with Gasteiger partial charge in [-0.3, -0.25) is 4.79 Å². The van der Waals surface area contributed by atoms with Crippen LogP contribution >= 0.6 is 0 Å². The van der Waals surface area contributed by atoms with E-state index in [1.807, 2.05) is 0 Å². The molecule has 0 saturated heterocycles. The molecule has 1 aliphatic rings. The van der Waals surface area contributed by atoms with Gasteiger partial charge in [-0.15, -0.1) is 0 Å². The van der Waals surface area contributed by atoms with Gasteiger partial charge in [0.2, 0.25) is 11.6 Å². The normalized spacial score (nSPS) is 20.0. The summed E-state index contributed by atoms with van der Waals surface area (Å²) in [5.41, 5.74) is 0. The summed E-state index contributed by atoms with van der Waals surface area (Å²) in [6.45, 7) is 2.21. The first kappa shape index (κ1) is 20.7. The van der Waals surface area contributed by atoms with Gasteiger partial charge in [-0.1, -0.05) is 45.4 Å². The third-order valence-corrected chi connectivity index (χ3v) is 5.34. The summed E-state index contributed by atoms with van der Waals surface area (Å²) < 4.78 is 37.5. The van der Waals surface area contributed by atoms with Crippen LogP contribution in [0.2, 0.25) is 0 Å². The zero-order chi connectivity index (χ0) is 18.9. The van der Waals surface area contributed by atoms with E-state index >= 15 is 0 Å². The molecule has 146 valence electrons. The Morgan fingerprint density at radius 1 is 1.00 bits per heavy atom. The Morgan fingerprint density at radius 3 is 2.27 bits per heavy atom. The molecule has 1 saturated carbocycles. The van der Waals surface area contributed by atoms with Crippen molar-refractivity contribution < 1.29 is 23.0 Å². The molecule has 0 amide bonds. The lowest BCUT2D eigenvalue weighted by Crippen LogP contribution is -2.26. The Bertz CT molecular complexity index is 581. The molecule has 1 fully saturated rings. The summed E-state index contributed by atoms with van der Waals surface area (Å²) >= 11 is 0. The van der Waals surface area contributed by atoms with E-state index in [9.17, 15) is 13.6 Å². The summed E-state index contributed by atoms with van der Waals surface area (Å²) in [6.07, 6.45) is 11.2. The topological polar surface area (TPSA) is 35.5 Å². The van der Waals surface area contributed by atoms with Crippen molar-refractivity contribution in [2.24, 2.45) is 11.8 Å². The van der Waals surface area contributed by atoms with Gasteiger partial charge in [0.05, 0.1) is 13.0 Å². The van der Waals surface area contributed by atoms with Crippen molar-refractivity contribution >= 4 is 5.97 Å². The number of esters is 1. The Hall–Kier alpha value is -1.65. The summed E-state index contributed by atoms with van der Waals surface area (Å²) in [5.74, 6) is -2.90. The zero-order valence-corrected chi connectivity index (χ0v) is 15.9. The summed E-state index contributed by atoms with van der Waals surface area (Å²) in [6, 6.07) is 2.49. The molecule has 3 nitrogen and oxygen atoms in total. The Balaban J connectivity index is 1.77. The van der Waals surface area contributed by atoms with Crippen molar-refractivity contribution in [1.82, 2.24) is 0 Å². The highest BCUT2D eigenvalue weighted by atomic mass is 19.2. The van der Waals surface area contributed by atoms with Crippen molar-refractivity contribution in [2.45, 2.75) is 71.1 Å². The molecule has 5 heteroatoms. The van der Waals surface area contributed by atoms with E-state index in [0.29, 0.717) is 5.92 Å². The average molecular weight is 368 g/mol. The number of rotatable bonds is 9. The molecule has 0 atom stereocenters. The Labute approximate surface area is 155 Å². The monoisotopic (exact) mass is 368 g/mol. The lowest BCUT2D eigenvalue weighted by Gasteiger charge is -2.27. The minimum Gasteiger partial charge on any atom is -0.494 e. The first-order valence-corrected chi connectivity index (χ1v) is 9.80. The number of hydrogen-bond donors (Lipinski definition) is 0. The second-order valence-electron chi connectivity index (χ2n) is 7.24. The Kier molecular flexibility index (Phi) is 8.33. The molecule has 1 aromatic carbocycles. The fraction of sp³-hybridized carbons (Fsp3) is 0.667. The van der Waals surface area contributed by atoms with Crippen LogP contribution < -0.4 is 9.47 Å². The molecule has 2 rings (SSSR count). The van der Waals surface area contributed by atoms with Crippen molar-refractivity contribution in [3.8, 4) is 11.5 Å². The molecular weight excluding hydrogens is 338 g/mol. The lowest BCUT2D eigenvalue weighted by molar-refractivity contribution is -0.140. The van der Waals surface area contributed by atoms with E-state index in [1.54, 1.807) is 0 Å². The highest BCUT2D eigenvalue weighted by Gasteiger charge is 2.28. The third kappa shape index (κ3) is 5.68. The molecule has 0 radical (unpaired) electrons. The summed E-state index contributed by atoms with van der Waals surface area (Å²) in [5, 5.41) is 0. The van der Waals surface area contributed by atoms with Crippen LogP contribution in [0.15, 0.2) is 12.1 Å². The standard InChI is InChI=1S/C21H30F2O3/c1-3-4-5-6-7-8-15-9-11-16(12-10-15)21(24)26-18-14-13-17(25-2)19(22)20(18)23/h13-16H,3-12H2,1-2H3. The van der Waals surface area contributed by atoms with Gasteiger partial charge in [0, 0.05) is 0 Å². The average Bonchev–Trinajstić information content (AvgIpc) is 2.66. The molecule has 0 bridgehead atoms. The fourth-order valence-corrected chi connectivity index (χ4v) is 3.67. The van der Waals surface area contributed by atoms with E-state index < -0.39 is 17.6 Å². The van der Waals surface area contributed by atoms with Crippen molar-refractivity contribution in [3.63, 3.8) is 0 Å². The maximum Gasteiger partial charge on any atom is 0.314 e. The van der Waals surface area contributed by atoms with E-state index in [0.717, 1.165) is 25.7 Å². The smallest absolute Gasteiger partial charge is 0.314 e. The van der Waals surface area contributed by atoms with Crippen LogP contribution in [0.1, 0.15) is 71.1 Å². The van der Waals surface area contributed by atoms with Gasteiger partial charge in [-0.2, -0.15) is 8.78 Å². The van der Waals surface area contributed by atoms with E-state index in [1.165, 1.54) is 57.8 Å². The number of halogens is 2.